The van der Waals surface area contributed by atoms with Crippen molar-refractivity contribution in [2.75, 3.05) is 7.11 Å². The van der Waals surface area contributed by atoms with Crippen molar-refractivity contribution in [2.24, 2.45) is 0 Å². The number of phenols is 1. The van der Waals surface area contributed by atoms with E-state index in [1.807, 2.05) is 0 Å². The first-order valence-corrected chi connectivity index (χ1v) is 5.04. The lowest BCUT2D eigenvalue weighted by molar-refractivity contribution is 0.0600. The van der Waals surface area contributed by atoms with Crippen molar-refractivity contribution in [2.45, 2.75) is 0 Å². The maximum atomic E-state index is 11.4. The number of esters is 1. The first-order valence-electron chi connectivity index (χ1n) is 5.04. The normalized spacial score (nSPS) is 9.94. The highest BCUT2D eigenvalue weighted by Crippen LogP contribution is 2.20. The summed E-state index contributed by atoms with van der Waals surface area (Å²) in [6.07, 6.45) is 1.55. The lowest BCUT2D eigenvalue weighted by Gasteiger charge is -2.03. The quantitative estimate of drug-likeness (QED) is 0.802. The molecule has 1 N–H and O–H groups in total. The third kappa shape index (κ3) is 2.42. The molecule has 1 aromatic carbocycles. The Labute approximate surface area is 98.5 Å². The van der Waals surface area contributed by atoms with Crippen molar-refractivity contribution in [1.82, 2.24) is 4.98 Å². The van der Waals surface area contributed by atoms with Crippen LogP contribution in [0.5, 0.6) is 5.75 Å². The van der Waals surface area contributed by atoms with Crippen LogP contribution < -0.4 is 0 Å². The van der Waals surface area contributed by atoms with E-state index < -0.39 is 5.97 Å². The zero-order valence-corrected chi connectivity index (χ0v) is 9.25. The largest absolute Gasteiger partial charge is 0.508 e. The molecule has 0 aliphatic heterocycles. The zero-order chi connectivity index (χ0) is 12.3. The molecule has 0 spiro atoms. The van der Waals surface area contributed by atoms with Crippen LogP contribution in [0.25, 0.3) is 11.3 Å². The second kappa shape index (κ2) is 4.65. The fourth-order valence-corrected chi connectivity index (χ4v) is 1.47. The number of aromatic hydroxyl groups is 1. The number of methoxy groups -OCH3 is 1. The molecule has 1 heterocycles. The van der Waals surface area contributed by atoms with Gasteiger partial charge in [0.25, 0.3) is 0 Å². The Morgan fingerprint density at radius 2 is 1.94 bits per heavy atom. The van der Waals surface area contributed by atoms with Gasteiger partial charge in [0.15, 0.2) is 0 Å². The Kier molecular flexibility index (Phi) is 3.05. The number of ether oxygens (including phenoxy) is 1. The standard InChI is InChI=1S/C13H11NO3/c1-17-13(16)10-6-7-14-12(8-10)9-2-4-11(15)5-3-9/h2-8,15H,1H3. The third-order valence-electron chi connectivity index (χ3n) is 2.34. The van der Waals surface area contributed by atoms with Gasteiger partial charge >= 0.3 is 5.97 Å². The van der Waals surface area contributed by atoms with Crippen molar-refractivity contribution >= 4 is 5.97 Å². The van der Waals surface area contributed by atoms with Crippen molar-refractivity contribution in [1.29, 1.82) is 0 Å². The van der Waals surface area contributed by atoms with E-state index in [0.29, 0.717) is 11.3 Å². The fourth-order valence-electron chi connectivity index (χ4n) is 1.47. The summed E-state index contributed by atoms with van der Waals surface area (Å²) in [6.45, 7) is 0. The van der Waals surface area contributed by atoms with Crippen LogP contribution in [0.15, 0.2) is 42.6 Å². The molecule has 0 bridgehead atoms. The summed E-state index contributed by atoms with van der Waals surface area (Å²) in [4.78, 5) is 15.5. The van der Waals surface area contributed by atoms with E-state index >= 15 is 0 Å². The van der Waals surface area contributed by atoms with Gasteiger partial charge in [-0.05, 0) is 36.4 Å². The van der Waals surface area contributed by atoms with Crippen molar-refractivity contribution < 1.29 is 14.6 Å². The van der Waals surface area contributed by atoms with Gasteiger partial charge in [-0.15, -0.1) is 0 Å². The minimum Gasteiger partial charge on any atom is -0.508 e. The van der Waals surface area contributed by atoms with Crippen LogP contribution in [0.2, 0.25) is 0 Å². The van der Waals surface area contributed by atoms with Gasteiger partial charge in [-0.25, -0.2) is 4.79 Å². The van der Waals surface area contributed by atoms with E-state index in [0.717, 1.165) is 5.56 Å². The van der Waals surface area contributed by atoms with Gasteiger partial charge in [0.05, 0.1) is 18.4 Å². The smallest absolute Gasteiger partial charge is 0.337 e. The van der Waals surface area contributed by atoms with Gasteiger partial charge in [-0.3, -0.25) is 4.98 Å². The molecular formula is C13H11NO3. The van der Waals surface area contributed by atoms with Crippen molar-refractivity contribution in [3.8, 4) is 17.0 Å². The summed E-state index contributed by atoms with van der Waals surface area (Å²) in [6, 6.07) is 9.86. The monoisotopic (exact) mass is 229 g/mol. The van der Waals surface area contributed by atoms with Gasteiger partial charge in [0.2, 0.25) is 0 Å². The summed E-state index contributed by atoms with van der Waals surface area (Å²) >= 11 is 0. The number of phenolic OH excluding ortho intramolecular Hbond substituents is 1. The van der Waals surface area contributed by atoms with E-state index in [9.17, 15) is 9.90 Å². The topological polar surface area (TPSA) is 59.4 Å². The maximum Gasteiger partial charge on any atom is 0.337 e. The van der Waals surface area contributed by atoms with Crippen molar-refractivity contribution in [3.63, 3.8) is 0 Å². The Morgan fingerprint density at radius 1 is 1.24 bits per heavy atom. The molecule has 2 aromatic rings. The summed E-state index contributed by atoms with van der Waals surface area (Å²) < 4.78 is 4.64. The van der Waals surface area contributed by atoms with Crippen LogP contribution in [0, 0.1) is 0 Å². The average molecular weight is 229 g/mol. The lowest BCUT2D eigenvalue weighted by atomic mass is 10.1. The van der Waals surface area contributed by atoms with E-state index in [-0.39, 0.29) is 5.75 Å². The molecule has 86 valence electrons. The number of nitrogens with zero attached hydrogens (tertiary/aromatic N) is 1. The Balaban J connectivity index is 2.39. The van der Waals surface area contributed by atoms with Crippen LogP contribution in [-0.4, -0.2) is 23.2 Å². The molecule has 4 nitrogen and oxygen atoms in total. The first kappa shape index (κ1) is 11.1. The molecule has 0 fully saturated rings. The highest BCUT2D eigenvalue weighted by molar-refractivity contribution is 5.90. The molecule has 0 saturated heterocycles. The van der Waals surface area contributed by atoms with Crippen LogP contribution >= 0.6 is 0 Å². The number of carbonyl (C=O) groups excluding carboxylic acids is 1. The number of hydrogen-bond acceptors (Lipinski definition) is 4. The summed E-state index contributed by atoms with van der Waals surface area (Å²) in [7, 11) is 1.34. The van der Waals surface area contributed by atoms with Gasteiger partial charge < -0.3 is 9.84 Å². The van der Waals surface area contributed by atoms with Gasteiger partial charge in [-0.2, -0.15) is 0 Å². The molecule has 0 radical (unpaired) electrons. The highest BCUT2D eigenvalue weighted by atomic mass is 16.5. The SMILES string of the molecule is COC(=O)c1ccnc(-c2ccc(O)cc2)c1. The molecular weight excluding hydrogens is 218 g/mol. The summed E-state index contributed by atoms with van der Waals surface area (Å²) in [5, 5.41) is 9.19. The lowest BCUT2D eigenvalue weighted by Crippen LogP contribution is -2.01. The van der Waals surface area contributed by atoms with E-state index in [4.69, 9.17) is 0 Å². The molecule has 0 amide bonds. The minimum atomic E-state index is -0.396. The minimum absolute atomic E-state index is 0.192. The average Bonchev–Trinajstić information content (AvgIpc) is 2.39. The van der Waals surface area contributed by atoms with E-state index in [1.54, 1.807) is 42.6 Å². The van der Waals surface area contributed by atoms with E-state index in [1.165, 1.54) is 7.11 Å². The number of pyridine rings is 1. The Hall–Kier alpha value is -2.36. The molecule has 0 atom stereocenters. The first-order chi connectivity index (χ1) is 8.20. The van der Waals surface area contributed by atoms with Crippen molar-refractivity contribution in [3.05, 3.63) is 48.2 Å². The molecule has 2 rings (SSSR count). The zero-order valence-electron chi connectivity index (χ0n) is 9.25. The Morgan fingerprint density at radius 3 is 2.59 bits per heavy atom. The fraction of sp³-hybridized carbons (Fsp3) is 0.0769. The summed E-state index contributed by atoms with van der Waals surface area (Å²) in [5.41, 5.74) is 1.94. The highest BCUT2D eigenvalue weighted by Gasteiger charge is 2.07. The number of aromatic nitrogens is 1. The van der Waals surface area contributed by atoms with Crippen LogP contribution in [0.4, 0.5) is 0 Å². The molecule has 0 aliphatic rings. The second-order valence-corrected chi connectivity index (χ2v) is 3.47. The van der Waals surface area contributed by atoms with Crippen LogP contribution in [0.3, 0.4) is 0 Å². The number of benzene rings is 1. The number of hydrogen-bond donors (Lipinski definition) is 1. The molecule has 0 unspecified atom stereocenters. The number of carbonyl (C=O) groups is 1. The van der Waals surface area contributed by atoms with Crippen LogP contribution in [-0.2, 0) is 4.74 Å². The maximum absolute atomic E-state index is 11.4. The number of rotatable bonds is 2. The van der Waals surface area contributed by atoms with E-state index in [2.05, 4.69) is 9.72 Å². The second-order valence-electron chi connectivity index (χ2n) is 3.47. The predicted octanol–water partition coefficient (Wildman–Crippen LogP) is 2.24. The van der Waals surface area contributed by atoms with Gasteiger partial charge in [0.1, 0.15) is 5.75 Å². The molecule has 17 heavy (non-hydrogen) atoms. The molecule has 1 aromatic heterocycles. The third-order valence-corrected chi connectivity index (χ3v) is 2.34. The predicted molar refractivity (Wildman–Crippen MR) is 62.7 cm³/mol. The van der Waals surface area contributed by atoms with Crippen LogP contribution in [0.1, 0.15) is 10.4 Å². The molecule has 4 heteroatoms. The molecule has 0 aliphatic carbocycles. The molecule has 0 saturated carbocycles. The Bertz CT molecular complexity index is 535. The van der Waals surface area contributed by atoms with Gasteiger partial charge in [0, 0.05) is 11.8 Å². The van der Waals surface area contributed by atoms with Gasteiger partial charge in [-0.1, -0.05) is 0 Å². The summed E-state index contributed by atoms with van der Waals surface area (Å²) in [5.74, 6) is -0.203.